The Morgan fingerprint density at radius 2 is 1.80 bits per heavy atom. The van der Waals surface area contributed by atoms with Crippen molar-refractivity contribution in [2.45, 2.75) is 27.2 Å². The maximum atomic E-state index is 12.7. The van der Waals surface area contributed by atoms with Crippen LogP contribution in [0.5, 0.6) is 5.75 Å². The maximum absolute atomic E-state index is 12.7. The second-order valence-corrected chi connectivity index (χ2v) is 5.31. The SMILES string of the molecule is CCc1c(C)cc2c(c1C)C(=O)c1cc(OC)ccc1-2. The van der Waals surface area contributed by atoms with Crippen LogP contribution >= 0.6 is 0 Å². The Labute approximate surface area is 119 Å². The number of aryl methyl sites for hydroxylation is 1. The van der Waals surface area contributed by atoms with Gasteiger partial charge in [0, 0.05) is 11.1 Å². The summed E-state index contributed by atoms with van der Waals surface area (Å²) in [4.78, 5) is 12.7. The lowest BCUT2D eigenvalue weighted by atomic mass is 9.91. The van der Waals surface area contributed by atoms with Crippen molar-refractivity contribution in [3.8, 4) is 16.9 Å². The summed E-state index contributed by atoms with van der Waals surface area (Å²) in [5.74, 6) is 0.857. The van der Waals surface area contributed by atoms with Crippen molar-refractivity contribution >= 4 is 5.78 Å². The van der Waals surface area contributed by atoms with Gasteiger partial charge < -0.3 is 4.74 Å². The topological polar surface area (TPSA) is 26.3 Å². The largest absolute Gasteiger partial charge is 0.497 e. The van der Waals surface area contributed by atoms with E-state index in [4.69, 9.17) is 4.74 Å². The predicted octanol–water partition coefficient (Wildman–Crippen LogP) is 4.09. The molecule has 3 rings (SSSR count). The Hall–Kier alpha value is -2.09. The van der Waals surface area contributed by atoms with E-state index >= 15 is 0 Å². The first-order valence-corrected chi connectivity index (χ1v) is 6.94. The van der Waals surface area contributed by atoms with Crippen LogP contribution in [0.3, 0.4) is 0 Å². The first-order chi connectivity index (χ1) is 9.58. The fourth-order valence-electron chi connectivity index (χ4n) is 3.28. The van der Waals surface area contributed by atoms with E-state index in [-0.39, 0.29) is 5.78 Å². The lowest BCUT2D eigenvalue weighted by molar-refractivity contribution is 0.104. The second-order valence-electron chi connectivity index (χ2n) is 5.31. The lowest BCUT2D eigenvalue weighted by Crippen LogP contribution is -2.03. The van der Waals surface area contributed by atoms with Crippen molar-refractivity contribution in [1.82, 2.24) is 0 Å². The van der Waals surface area contributed by atoms with Crippen molar-refractivity contribution in [3.63, 3.8) is 0 Å². The van der Waals surface area contributed by atoms with Crippen molar-refractivity contribution in [3.05, 3.63) is 52.1 Å². The zero-order chi connectivity index (χ0) is 14.4. The molecule has 0 aliphatic heterocycles. The highest BCUT2D eigenvalue weighted by molar-refractivity contribution is 6.22. The molecule has 1 aliphatic rings. The molecule has 20 heavy (non-hydrogen) atoms. The third-order valence-electron chi connectivity index (χ3n) is 4.28. The quantitative estimate of drug-likeness (QED) is 0.698. The Morgan fingerprint density at radius 1 is 1.05 bits per heavy atom. The lowest BCUT2D eigenvalue weighted by Gasteiger charge is -2.12. The molecule has 0 saturated heterocycles. The van der Waals surface area contributed by atoms with Crippen LogP contribution in [-0.4, -0.2) is 12.9 Å². The first-order valence-electron chi connectivity index (χ1n) is 6.94. The summed E-state index contributed by atoms with van der Waals surface area (Å²) in [7, 11) is 1.62. The molecule has 0 spiro atoms. The van der Waals surface area contributed by atoms with E-state index < -0.39 is 0 Å². The zero-order valence-corrected chi connectivity index (χ0v) is 12.3. The molecule has 0 unspecified atom stereocenters. The minimum absolute atomic E-state index is 0.126. The number of carbonyl (C=O) groups excluding carboxylic acids is 1. The van der Waals surface area contributed by atoms with Crippen LogP contribution in [0.2, 0.25) is 0 Å². The van der Waals surface area contributed by atoms with Crippen molar-refractivity contribution < 1.29 is 9.53 Å². The molecule has 0 atom stereocenters. The highest BCUT2D eigenvalue weighted by Gasteiger charge is 2.30. The summed E-state index contributed by atoms with van der Waals surface area (Å²) >= 11 is 0. The predicted molar refractivity (Wildman–Crippen MR) is 80.7 cm³/mol. The van der Waals surface area contributed by atoms with Gasteiger partial charge >= 0.3 is 0 Å². The summed E-state index contributed by atoms with van der Waals surface area (Å²) in [6, 6.07) is 7.90. The summed E-state index contributed by atoms with van der Waals surface area (Å²) in [5.41, 5.74) is 7.41. The summed E-state index contributed by atoms with van der Waals surface area (Å²) in [6.07, 6.45) is 0.956. The molecule has 0 amide bonds. The molecule has 2 nitrogen and oxygen atoms in total. The van der Waals surface area contributed by atoms with Crippen LogP contribution in [-0.2, 0) is 6.42 Å². The van der Waals surface area contributed by atoms with Crippen LogP contribution in [0.25, 0.3) is 11.1 Å². The molecule has 0 aromatic heterocycles. The van der Waals surface area contributed by atoms with Gasteiger partial charge in [0.05, 0.1) is 7.11 Å². The Bertz CT molecular complexity index is 727. The van der Waals surface area contributed by atoms with Crippen LogP contribution in [0.4, 0.5) is 0 Å². The van der Waals surface area contributed by atoms with Gasteiger partial charge in [0.15, 0.2) is 5.78 Å². The van der Waals surface area contributed by atoms with Gasteiger partial charge in [-0.25, -0.2) is 0 Å². The van der Waals surface area contributed by atoms with E-state index in [0.717, 1.165) is 40.0 Å². The van der Waals surface area contributed by atoms with Crippen LogP contribution in [0, 0.1) is 13.8 Å². The molecule has 2 aromatic carbocycles. The molecule has 0 fully saturated rings. The maximum Gasteiger partial charge on any atom is 0.194 e. The first kappa shape index (κ1) is 12.9. The van der Waals surface area contributed by atoms with Gasteiger partial charge in [-0.15, -0.1) is 0 Å². The second kappa shape index (κ2) is 4.48. The molecule has 0 N–H and O–H groups in total. The molecular weight excluding hydrogens is 248 g/mol. The van der Waals surface area contributed by atoms with Gasteiger partial charge in [-0.3, -0.25) is 4.79 Å². The normalized spacial score (nSPS) is 12.3. The highest BCUT2D eigenvalue weighted by atomic mass is 16.5. The van der Waals surface area contributed by atoms with E-state index in [1.54, 1.807) is 7.11 Å². The number of ketones is 1. The van der Waals surface area contributed by atoms with Gasteiger partial charge in [-0.2, -0.15) is 0 Å². The number of fused-ring (bicyclic) bond motifs is 3. The fourth-order valence-corrected chi connectivity index (χ4v) is 3.28. The molecule has 0 radical (unpaired) electrons. The zero-order valence-electron chi connectivity index (χ0n) is 12.3. The average molecular weight is 266 g/mol. The molecule has 0 bridgehead atoms. The molecule has 0 saturated carbocycles. The molecule has 1 aliphatic carbocycles. The van der Waals surface area contributed by atoms with E-state index in [0.29, 0.717) is 0 Å². The molecule has 2 heteroatoms. The van der Waals surface area contributed by atoms with Gasteiger partial charge in [0.25, 0.3) is 0 Å². The molecule has 0 heterocycles. The van der Waals surface area contributed by atoms with Crippen molar-refractivity contribution in [1.29, 1.82) is 0 Å². The molecule has 2 aromatic rings. The van der Waals surface area contributed by atoms with Crippen molar-refractivity contribution in [2.75, 3.05) is 7.11 Å². The number of hydrogen-bond donors (Lipinski definition) is 0. The third kappa shape index (κ3) is 1.61. The van der Waals surface area contributed by atoms with Gasteiger partial charge in [0.1, 0.15) is 5.75 Å². The fraction of sp³-hybridized carbons (Fsp3) is 0.278. The monoisotopic (exact) mass is 266 g/mol. The van der Waals surface area contributed by atoms with E-state index in [9.17, 15) is 4.79 Å². The van der Waals surface area contributed by atoms with Crippen LogP contribution < -0.4 is 4.74 Å². The number of ether oxygens (including phenoxy) is 1. The van der Waals surface area contributed by atoms with Gasteiger partial charge in [-0.1, -0.05) is 13.0 Å². The van der Waals surface area contributed by atoms with Gasteiger partial charge in [-0.05, 0) is 66.3 Å². The van der Waals surface area contributed by atoms with E-state index in [2.05, 4.69) is 26.8 Å². The Kier molecular flexibility index (Phi) is 2.89. The standard InChI is InChI=1S/C18H18O2/c1-5-13-10(2)8-15-14-7-6-12(20-4)9-16(14)18(19)17(15)11(13)3/h6-9H,5H2,1-4H3. The summed E-state index contributed by atoms with van der Waals surface area (Å²) < 4.78 is 5.23. The third-order valence-corrected chi connectivity index (χ3v) is 4.28. The Morgan fingerprint density at radius 3 is 2.45 bits per heavy atom. The van der Waals surface area contributed by atoms with Crippen molar-refractivity contribution in [2.24, 2.45) is 0 Å². The van der Waals surface area contributed by atoms with Gasteiger partial charge in [0.2, 0.25) is 0 Å². The Balaban J connectivity index is 2.31. The smallest absolute Gasteiger partial charge is 0.194 e. The minimum atomic E-state index is 0.126. The van der Waals surface area contributed by atoms with E-state index in [1.165, 1.54) is 11.1 Å². The number of carbonyl (C=O) groups is 1. The molecule has 102 valence electrons. The van der Waals surface area contributed by atoms with Crippen LogP contribution in [0.1, 0.15) is 39.5 Å². The summed E-state index contributed by atoms with van der Waals surface area (Å²) in [6.45, 7) is 6.32. The molecular formula is C18H18O2. The average Bonchev–Trinajstić information content (AvgIpc) is 2.72. The number of benzene rings is 2. The number of methoxy groups -OCH3 is 1. The van der Waals surface area contributed by atoms with Crippen LogP contribution in [0.15, 0.2) is 24.3 Å². The number of rotatable bonds is 2. The number of hydrogen-bond acceptors (Lipinski definition) is 2. The highest BCUT2D eigenvalue weighted by Crippen LogP contribution is 2.41. The summed E-state index contributed by atoms with van der Waals surface area (Å²) in [5, 5.41) is 0. The minimum Gasteiger partial charge on any atom is -0.497 e. The van der Waals surface area contributed by atoms with E-state index in [1.807, 2.05) is 18.2 Å².